The third-order valence-electron chi connectivity index (χ3n) is 4.17. The quantitative estimate of drug-likeness (QED) is 0.756. The van der Waals surface area contributed by atoms with Gasteiger partial charge in [-0.05, 0) is 45.0 Å². The summed E-state index contributed by atoms with van der Waals surface area (Å²) in [5, 5.41) is 15.9. The van der Waals surface area contributed by atoms with E-state index in [0.29, 0.717) is 6.54 Å². The van der Waals surface area contributed by atoms with Gasteiger partial charge < -0.3 is 5.32 Å². The normalized spacial score (nSPS) is 12.5. The van der Waals surface area contributed by atoms with Crippen LogP contribution in [-0.4, -0.2) is 24.8 Å². The van der Waals surface area contributed by atoms with Gasteiger partial charge in [0.25, 0.3) is 0 Å². The summed E-state index contributed by atoms with van der Waals surface area (Å²) in [6.07, 6.45) is 3.63. The first-order valence-corrected chi connectivity index (χ1v) is 8.01. The maximum atomic E-state index is 13.1. The van der Waals surface area contributed by atoms with E-state index in [9.17, 15) is 4.39 Å². The average molecular weight is 328 g/mol. The van der Waals surface area contributed by atoms with Crippen molar-refractivity contribution in [2.75, 3.05) is 0 Å². The molecule has 0 amide bonds. The second kappa shape index (κ2) is 6.92. The molecule has 126 valence electrons. The molecule has 0 fully saturated rings. The van der Waals surface area contributed by atoms with Crippen molar-refractivity contribution >= 4 is 0 Å². The number of hydrogen-bond donors (Lipinski definition) is 1. The van der Waals surface area contributed by atoms with E-state index >= 15 is 0 Å². The molecular weight excluding hydrogens is 307 g/mol. The van der Waals surface area contributed by atoms with Crippen molar-refractivity contribution in [2.45, 2.75) is 39.9 Å². The lowest BCUT2D eigenvalue weighted by atomic mass is 10.1. The summed E-state index contributed by atoms with van der Waals surface area (Å²) in [4.78, 5) is 0. The summed E-state index contributed by atoms with van der Waals surface area (Å²) in [7, 11) is 0. The van der Waals surface area contributed by atoms with Crippen LogP contribution in [0.15, 0.2) is 36.7 Å². The largest absolute Gasteiger partial charge is 0.304 e. The fraction of sp³-hybridized carbons (Fsp3) is 0.353. The third kappa shape index (κ3) is 3.21. The Labute approximate surface area is 140 Å². The van der Waals surface area contributed by atoms with Crippen LogP contribution < -0.4 is 5.32 Å². The van der Waals surface area contributed by atoms with Gasteiger partial charge in [-0.25, -0.2) is 13.8 Å². The minimum Gasteiger partial charge on any atom is -0.304 e. The predicted octanol–water partition coefficient (Wildman–Crippen LogP) is 2.78. The standard InChI is InChI=1S/C17H21FN6/c1-4-23-16(10-20-22-23)9-19-12(2)17-11-21-24(13(17)3)15-7-5-14(18)6-8-15/h5-8,10-12,19H,4,9H2,1-3H3. The zero-order chi connectivity index (χ0) is 17.1. The zero-order valence-corrected chi connectivity index (χ0v) is 14.1. The maximum Gasteiger partial charge on any atom is 0.123 e. The van der Waals surface area contributed by atoms with Gasteiger partial charge in [-0.2, -0.15) is 5.10 Å². The molecule has 6 nitrogen and oxygen atoms in total. The Balaban J connectivity index is 1.74. The third-order valence-corrected chi connectivity index (χ3v) is 4.17. The van der Waals surface area contributed by atoms with Crippen LogP contribution in [-0.2, 0) is 13.1 Å². The molecule has 1 N–H and O–H groups in total. The number of halogens is 1. The topological polar surface area (TPSA) is 60.6 Å². The lowest BCUT2D eigenvalue weighted by Gasteiger charge is -2.14. The van der Waals surface area contributed by atoms with Crippen molar-refractivity contribution in [1.82, 2.24) is 30.1 Å². The minimum absolute atomic E-state index is 0.124. The molecule has 0 saturated heterocycles. The molecule has 2 heterocycles. The number of aryl methyl sites for hydroxylation is 1. The number of hydrogen-bond acceptors (Lipinski definition) is 4. The maximum absolute atomic E-state index is 13.1. The molecule has 1 unspecified atom stereocenters. The molecule has 1 aromatic carbocycles. The van der Waals surface area contributed by atoms with Crippen LogP contribution >= 0.6 is 0 Å². The molecular formula is C17H21FN6. The second-order valence-electron chi connectivity index (χ2n) is 5.72. The van der Waals surface area contributed by atoms with Crippen LogP contribution in [0.25, 0.3) is 5.69 Å². The van der Waals surface area contributed by atoms with Gasteiger partial charge in [-0.3, -0.25) is 0 Å². The summed E-state index contributed by atoms with van der Waals surface area (Å²) in [5.74, 6) is -0.250. The lowest BCUT2D eigenvalue weighted by molar-refractivity contribution is 0.525. The van der Waals surface area contributed by atoms with Gasteiger partial charge in [-0.15, -0.1) is 5.10 Å². The smallest absolute Gasteiger partial charge is 0.123 e. The van der Waals surface area contributed by atoms with Crippen molar-refractivity contribution in [1.29, 1.82) is 0 Å². The van der Waals surface area contributed by atoms with Crippen molar-refractivity contribution in [2.24, 2.45) is 0 Å². The molecule has 3 rings (SSSR count). The molecule has 0 aliphatic rings. The molecule has 7 heteroatoms. The Morgan fingerprint density at radius 1 is 1.21 bits per heavy atom. The van der Waals surface area contributed by atoms with Gasteiger partial charge in [0.2, 0.25) is 0 Å². The summed E-state index contributed by atoms with van der Waals surface area (Å²) in [5.41, 5.74) is 4.03. The van der Waals surface area contributed by atoms with Gasteiger partial charge in [0.1, 0.15) is 5.82 Å². The second-order valence-corrected chi connectivity index (χ2v) is 5.72. The van der Waals surface area contributed by atoms with E-state index in [4.69, 9.17) is 0 Å². The SMILES string of the molecule is CCn1nncc1CNC(C)c1cnn(-c2ccc(F)cc2)c1C. The highest BCUT2D eigenvalue weighted by Gasteiger charge is 2.15. The van der Waals surface area contributed by atoms with Crippen molar-refractivity contribution in [3.8, 4) is 5.69 Å². The first kappa shape index (κ1) is 16.3. The van der Waals surface area contributed by atoms with Crippen LogP contribution in [0, 0.1) is 12.7 Å². The molecule has 24 heavy (non-hydrogen) atoms. The fourth-order valence-electron chi connectivity index (χ4n) is 2.74. The number of benzene rings is 1. The van der Waals surface area contributed by atoms with Crippen LogP contribution in [0.4, 0.5) is 4.39 Å². The lowest BCUT2D eigenvalue weighted by Crippen LogP contribution is -2.20. The van der Waals surface area contributed by atoms with Gasteiger partial charge >= 0.3 is 0 Å². The summed E-state index contributed by atoms with van der Waals surface area (Å²) in [6, 6.07) is 6.46. The Kier molecular flexibility index (Phi) is 4.71. The molecule has 0 aliphatic heterocycles. The van der Waals surface area contributed by atoms with Crippen LogP contribution in [0.2, 0.25) is 0 Å². The van der Waals surface area contributed by atoms with Crippen molar-refractivity contribution in [3.63, 3.8) is 0 Å². The Hall–Kier alpha value is -2.54. The Morgan fingerprint density at radius 2 is 1.96 bits per heavy atom. The first-order valence-electron chi connectivity index (χ1n) is 8.01. The Morgan fingerprint density at radius 3 is 2.67 bits per heavy atom. The molecule has 0 aliphatic carbocycles. The van der Waals surface area contributed by atoms with Gasteiger partial charge in [0.05, 0.1) is 23.8 Å². The van der Waals surface area contributed by atoms with E-state index in [1.54, 1.807) is 18.3 Å². The highest BCUT2D eigenvalue weighted by atomic mass is 19.1. The Bertz CT molecular complexity index is 805. The molecule has 0 saturated carbocycles. The van der Waals surface area contributed by atoms with Crippen LogP contribution in [0.5, 0.6) is 0 Å². The van der Waals surface area contributed by atoms with Crippen LogP contribution in [0.3, 0.4) is 0 Å². The molecule has 1 atom stereocenters. The van der Waals surface area contributed by atoms with E-state index in [1.165, 1.54) is 12.1 Å². The average Bonchev–Trinajstić information content (AvgIpc) is 3.19. The van der Waals surface area contributed by atoms with E-state index in [-0.39, 0.29) is 11.9 Å². The van der Waals surface area contributed by atoms with Gasteiger partial charge in [-0.1, -0.05) is 5.21 Å². The van der Waals surface area contributed by atoms with Crippen molar-refractivity contribution < 1.29 is 4.39 Å². The fourth-order valence-corrected chi connectivity index (χ4v) is 2.74. The van der Waals surface area contributed by atoms with Crippen molar-refractivity contribution in [3.05, 3.63) is 59.4 Å². The first-order chi connectivity index (χ1) is 11.6. The highest BCUT2D eigenvalue weighted by molar-refractivity contribution is 5.35. The van der Waals surface area contributed by atoms with Gasteiger partial charge in [0.15, 0.2) is 0 Å². The molecule has 0 radical (unpaired) electrons. The summed E-state index contributed by atoms with van der Waals surface area (Å²) in [6.45, 7) is 7.63. The van der Waals surface area contributed by atoms with E-state index < -0.39 is 0 Å². The number of rotatable bonds is 6. The highest BCUT2D eigenvalue weighted by Crippen LogP contribution is 2.20. The van der Waals surface area contributed by atoms with E-state index in [0.717, 1.165) is 29.2 Å². The summed E-state index contributed by atoms with van der Waals surface area (Å²) < 4.78 is 16.8. The summed E-state index contributed by atoms with van der Waals surface area (Å²) >= 11 is 0. The van der Waals surface area contributed by atoms with E-state index in [1.807, 2.05) is 29.4 Å². The number of nitrogens with one attached hydrogen (secondary N) is 1. The minimum atomic E-state index is -0.250. The number of nitrogens with zero attached hydrogens (tertiary/aromatic N) is 5. The van der Waals surface area contributed by atoms with E-state index in [2.05, 4.69) is 27.7 Å². The molecule has 3 aromatic rings. The molecule has 2 aromatic heterocycles. The van der Waals surface area contributed by atoms with Gasteiger partial charge in [0, 0.05) is 30.4 Å². The predicted molar refractivity (Wildman–Crippen MR) is 89.2 cm³/mol. The number of aromatic nitrogens is 5. The monoisotopic (exact) mass is 328 g/mol. The molecule has 0 spiro atoms. The molecule has 0 bridgehead atoms. The zero-order valence-electron chi connectivity index (χ0n) is 14.1. The van der Waals surface area contributed by atoms with Crippen LogP contribution in [0.1, 0.15) is 36.8 Å².